The predicted octanol–water partition coefficient (Wildman–Crippen LogP) is 3.12. The maximum Gasteiger partial charge on any atom is 0.255 e. The van der Waals surface area contributed by atoms with Crippen LogP contribution in [0.4, 0.5) is 5.69 Å². The molecule has 5 heteroatoms. The summed E-state index contributed by atoms with van der Waals surface area (Å²) in [5.41, 5.74) is 2.32. The molecular weight excluding hydrogens is 270 g/mol. The Bertz CT molecular complexity index is 607. The van der Waals surface area contributed by atoms with E-state index in [1.54, 1.807) is 17.5 Å². The molecule has 2 N–H and O–H groups in total. The van der Waals surface area contributed by atoms with Crippen molar-refractivity contribution in [2.24, 2.45) is 0 Å². The number of amides is 1. The van der Waals surface area contributed by atoms with Crippen LogP contribution in [0, 0.1) is 13.8 Å². The van der Waals surface area contributed by atoms with Gasteiger partial charge in [0.2, 0.25) is 0 Å². The molecule has 20 heavy (non-hydrogen) atoms. The van der Waals surface area contributed by atoms with Crippen LogP contribution < -0.4 is 10.6 Å². The highest BCUT2D eigenvalue weighted by Crippen LogP contribution is 2.17. The number of hydrogen-bond acceptors (Lipinski definition) is 4. The number of thiophene rings is 1. The molecule has 0 fully saturated rings. The van der Waals surface area contributed by atoms with Crippen LogP contribution >= 0.6 is 11.3 Å². The topological polar surface area (TPSA) is 54.0 Å². The van der Waals surface area contributed by atoms with Crippen LogP contribution in [-0.4, -0.2) is 17.4 Å². The molecule has 0 radical (unpaired) electrons. The molecule has 106 valence electrons. The predicted molar refractivity (Wildman–Crippen MR) is 83.4 cm³/mol. The Morgan fingerprint density at radius 2 is 2.15 bits per heavy atom. The third kappa shape index (κ3) is 3.57. The van der Waals surface area contributed by atoms with Crippen molar-refractivity contribution in [3.63, 3.8) is 0 Å². The number of nitrogens with zero attached hydrogens (tertiary/aromatic N) is 1. The first-order chi connectivity index (χ1) is 9.60. The van der Waals surface area contributed by atoms with Gasteiger partial charge in [-0.2, -0.15) is 0 Å². The lowest BCUT2D eigenvalue weighted by Gasteiger charge is -2.11. The van der Waals surface area contributed by atoms with Crippen LogP contribution in [0.2, 0.25) is 0 Å². The van der Waals surface area contributed by atoms with Gasteiger partial charge in [0.15, 0.2) is 0 Å². The average Bonchev–Trinajstić information content (AvgIpc) is 2.82. The van der Waals surface area contributed by atoms with Gasteiger partial charge in [-0.3, -0.25) is 9.78 Å². The summed E-state index contributed by atoms with van der Waals surface area (Å²) in [5.74, 6) is -0.0977. The van der Waals surface area contributed by atoms with Gasteiger partial charge >= 0.3 is 0 Å². The molecule has 0 bridgehead atoms. The maximum absolute atomic E-state index is 12.2. The van der Waals surface area contributed by atoms with E-state index >= 15 is 0 Å². The minimum atomic E-state index is -0.0977. The average molecular weight is 289 g/mol. The first-order valence-corrected chi connectivity index (χ1v) is 7.46. The van der Waals surface area contributed by atoms with E-state index < -0.39 is 0 Å². The maximum atomic E-state index is 12.2. The summed E-state index contributed by atoms with van der Waals surface area (Å²) in [6, 6.07) is 6.00. The van der Waals surface area contributed by atoms with E-state index in [9.17, 15) is 4.79 Å². The minimum Gasteiger partial charge on any atom is -0.385 e. The molecule has 2 rings (SSSR count). The summed E-state index contributed by atoms with van der Waals surface area (Å²) in [5, 5.41) is 6.14. The molecule has 0 aliphatic carbocycles. The zero-order valence-corrected chi connectivity index (χ0v) is 12.8. The molecule has 2 heterocycles. The zero-order chi connectivity index (χ0) is 14.5. The van der Waals surface area contributed by atoms with Crippen molar-refractivity contribution in [2.45, 2.75) is 27.3 Å². The van der Waals surface area contributed by atoms with Crippen LogP contribution in [0.15, 0.2) is 24.4 Å². The van der Waals surface area contributed by atoms with Crippen molar-refractivity contribution >= 4 is 22.9 Å². The van der Waals surface area contributed by atoms with Crippen molar-refractivity contribution < 1.29 is 4.79 Å². The smallest absolute Gasteiger partial charge is 0.255 e. The molecule has 0 aliphatic heterocycles. The van der Waals surface area contributed by atoms with E-state index in [0.717, 1.165) is 22.8 Å². The van der Waals surface area contributed by atoms with Crippen LogP contribution in [0.3, 0.4) is 0 Å². The lowest BCUT2D eigenvalue weighted by Crippen LogP contribution is -2.24. The van der Waals surface area contributed by atoms with Crippen molar-refractivity contribution in [1.29, 1.82) is 0 Å². The quantitative estimate of drug-likeness (QED) is 0.889. The van der Waals surface area contributed by atoms with E-state index in [4.69, 9.17) is 0 Å². The Hall–Kier alpha value is -1.88. The van der Waals surface area contributed by atoms with Crippen LogP contribution in [0.5, 0.6) is 0 Å². The highest BCUT2D eigenvalue weighted by molar-refractivity contribution is 7.11. The van der Waals surface area contributed by atoms with E-state index in [2.05, 4.69) is 28.6 Å². The van der Waals surface area contributed by atoms with E-state index in [1.807, 2.05) is 26.0 Å². The number of carbonyl (C=O) groups excluding carboxylic acids is 1. The fraction of sp³-hybridized carbons (Fsp3) is 0.333. The number of aromatic nitrogens is 1. The Kier molecular flexibility index (Phi) is 4.74. The summed E-state index contributed by atoms with van der Waals surface area (Å²) < 4.78 is 0. The highest BCUT2D eigenvalue weighted by atomic mass is 32.1. The second-order valence-electron chi connectivity index (χ2n) is 4.60. The molecule has 0 aliphatic rings. The number of nitrogens with one attached hydrogen (secondary N) is 2. The van der Waals surface area contributed by atoms with Gasteiger partial charge < -0.3 is 10.6 Å². The molecule has 0 atom stereocenters. The number of anilines is 1. The number of rotatable bonds is 5. The molecule has 1 amide bonds. The van der Waals surface area contributed by atoms with Gasteiger partial charge in [-0.25, -0.2) is 0 Å². The van der Waals surface area contributed by atoms with E-state index in [1.165, 1.54) is 4.88 Å². The number of hydrogen-bond donors (Lipinski definition) is 2. The number of carbonyl (C=O) groups is 1. The fourth-order valence-corrected chi connectivity index (χ4v) is 2.75. The molecule has 0 spiro atoms. The van der Waals surface area contributed by atoms with Gasteiger partial charge in [0, 0.05) is 28.2 Å². The normalized spacial score (nSPS) is 10.3. The van der Waals surface area contributed by atoms with Crippen molar-refractivity contribution in [3.05, 3.63) is 45.4 Å². The lowest BCUT2D eigenvalue weighted by atomic mass is 10.2. The Labute approximate surface area is 123 Å². The summed E-state index contributed by atoms with van der Waals surface area (Å²) >= 11 is 1.70. The number of pyridine rings is 1. The minimum absolute atomic E-state index is 0.0977. The number of aryl methyl sites for hydroxylation is 2. The molecule has 0 saturated carbocycles. The Morgan fingerprint density at radius 3 is 2.80 bits per heavy atom. The Balaban J connectivity index is 2.08. The van der Waals surface area contributed by atoms with Crippen LogP contribution in [-0.2, 0) is 6.54 Å². The standard InChI is InChI=1S/C15H19N3OS/c1-4-16-14-7-10(2)17-9-13(14)15(19)18-8-12-6-5-11(3)20-12/h5-7,9H,4,8H2,1-3H3,(H,16,17)(H,18,19). The first kappa shape index (κ1) is 14.5. The summed E-state index contributed by atoms with van der Waals surface area (Å²) in [4.78, 5) is 18.9. The van der Waals surface area contributed by atoms with Crippen molar-refractivity contribution in [3.8, 4) is 0 Å². The van der Waals surface area contributed by atoms with Gasteiger partial charge in [0.1, 0.15) is 0 Å². The molecular formula is C15H19N3OS. The zero-order valence-electron chi connectivity index (χ0n) is 12.0. The van der Waals surface area contributed by atoms with Gasteiger partial charge in [0.25, 0.3) is 5.91 Å². The van der Waals surface area contributed by atoms with E-state index in [0.29, 0.717) is 12.1 Å². The molecule has 0 saturated heterocycles. The summed E-state index contributed by atoms with van der Waals surface area (Å²) in [6.07, 6.45) is 1.63. The second-order valence-corrected chi connectivity index (χ2v) is 5.97. The Morgan fingerprint density at radius 1 is 1.35 bits per heavy atom. The van der Waals surface area contributed by atoms with Gasteiger partial charge in [-0.15, -0.1) is 11.3 Å². The fourth-order valence-electron chi connectivity index (χ4n) is 1.92. The van der Waals surface area contributed by atoms with Gasteiger partial charge in [-0.05, 0) is 39.0 Å². The molecule has 2 aromatic heterocycles. The molecule has 0 unspecified atom stereocenters. The monoisotopic (exact) mass is 289 g/mol. The first-order valence-electron chi connectivity index (χ1n) is 6.64. The SMILES string of the molecule is CCNc1cc(C)ncc1C(=O)NCc1ccc(C)s1. The third-order valence-corrected chi connectivity index (χ3v) is 3.87. The van der Waals surface area contributed by atoms with Gasteiger partial charge in [0.05, 0.1) is 17.8 Å². The van der Waals surface area contributed by atoms with Crippen molar-refractivity contribution in [1.82, 2.24) is 10.3 Å². The second kappa shape index (κ2) is 6.52. The third-order valence-electron chi connectivity index (χ3n) is 2.87. The molecule has 4 nitrogen and oxygen atoms in total. The highest BCUT2D eigenvalue weighted by Gasteiger charge is 2.12. The van der Waals surface area contributed by atoms with Crippen molar-refractivity contribution in [2.75, 3.05) is 11.9 Å². The molecule has 0 aromatic carbocycles. The largest absolute Gasteiger partial charge is 0.385 e. The summed E-state index contributed by atoms with van der Waals surface area (Å²) in [6.45, 7) is 7.30. The summed E-state index contributed by atoms with van der Waals surface area (Å²) in [7, 11) is 0. The van der Waals surface area contributed by atoms with Crippen LogP contribution in [0.25, 0.3) is 0 Å². The lowest BCUT2D eigenvalue weighted by molar-refractivity contribution is 0.0951. The molecule has 2 aromatic rings. The van der Waals surface area contributed by atoms with E-state index in [-0.39, 0.29) is 5.91 Å². The van der Waals surface area contributed by atoms with Crippen LogP contribution in [0.1, 0.15) is 32.7 Å². The van der Waals surface area contributed by atoms with Gasteiger partial charge in [-0.1, -0.05) is 0 Å².